The van der Waals surface area contributed by atoms with Crippen molar-refractivity contribution in [3.8, 4) is 0 Å². The summed E-state index contributed by atoms with van der Waals surface area (Å²) in [7, 11) is 0. The van der Waals surface area contributed by atoms with Crippen molar-refractivity contribution in [2.75, 3.05) is 0 Å². The van der Waals surface area contributed by atoms with Gasteiger partial charge in [0.15, 0.2) is 0 Å². The number of fused-ring (bicyclic) bond motifs is 1. The van der Waals surface area contributed by atoms with Crippen molar-refractivity contribution in [2.24, 2.45) is 4.99 Å². The lowest BCUT2D eigenvalue weighted by atomic mass is 10.1. The van der Waals surface area contributed by atoms with E-state index in [-0.39, 0.29) is 0 Å². The SMILES string of the molecule is CC1=c2ccccc2=NC(=O)C1F. The van der Waals surface area contributed by atoms with Crippen LogP contribution in [0.3, 0.4) is 0 Å². The predicted octanol–water partition coefficient (Wildman–Crippen LogP) is 0.355. The number of para-hydroxylation sites is 1. The molecule has 66 valence electrons. The zero-order valence-electron chi connectivity index (χ0n) is 7.12. The Hall–Kier alpha value is -1.51. The van der Waals surface area contributed by atoms with Gasteiger partial charge in [-0.1, -0.05) is 18.2 Å². The van der Waals surface area contributed by atoms with E-state index >= 15 is 0 Å². The molecule has 1 atom stereocenters. The van der Waals surface area contributed by atoms with E-state index in [0.717, 1.165) is 5.22 Å². The van der Waals surface area contributed by atoms with Gasteiger partial charge in [-0.05, 0) is 18.6 Å². The molecule has 1 heterocycles. The zero-order chi connectivity index (χ0) is 9.42. The van der Waals surface area contributed by atoms with Crippen LogP contribution in [0.4, 0.5) is 4.39 Å². The van der Waals surface area contributed by atoms with E-state index in [0.29, 0.717) is 10.9 Å². The second-order valence-corrected chi connectivity index (χ2v) is 3.01. The molecule has 0 radical (unpaired) electrons. The highest BCUT2D eigenvalue weighted by molar-refractivity contribution is 5.91. The minimum atomic E-state index is -1.56. The molecule has 13 heavy (non-hydrogen) atoms. The molecule has 0 fully saturated rings. The maximum Gasteiger partial charge on any atom is 0.285 e. The van der Waals surface area contributed by atoms with Crippen molar-refractivity contribution in [1.82, 2.24) is 0 Å². The van der Waals surface area contributed by atoms with Gasteiger partial charge in [0.25, 0.3) is 5.91 Å². The van der Waals surface area contributed by atoms with Crippen molar-refractivity contribution < 1.29 is 9.18 Å². The molecule has 1 aromatic rings. The fourth-order valence-corrected chi connectivity index (χ4v) is 1.40. The number of hydrogen-bond donors (Lipinski definition) is 0. The van der Waals surface area contributed by atoms with Crippen LogP contribution in [0.1, 0.15) is 6.92 Å². The molecule has 1 aliphatic rings. The summed E-state index contributed by atoms with van der Waals surface area (Å²) in [4.78, 5) is 14.6. The summed E-state index contributed by atoms with van der Waals surface area (Å²) in [6.07, 6.45) is -1.56. The van der Waals surface area contributed by atoms with Gasteiger partial charge in [-0.25, -0.2) is 9.38 Å². The molecule has 1 unspecified atom stereocenters. The Morgan fingerprint density at radius 3 is 2.85 bits per heavy atom. The van der Waals surface area contributed by atoms with Crippen LogP contribution < -0.4 is 10.6 Å². The van der Waals surface area contributed by atoms with Crippen LogP contribution in [0, 0.1) is 0 Å². The molecule has 0 saturated heterocycles. The molecule has 1 aromatic carbocycles. The number of hydrogen-bond acceptors (Lipinski definition) is 1. The van der Waals surface area contributed by atoms with E-state index in [1.807, 2.05) is 0 Å². The van der Waals surface area contributed by atoms with Gasteiger partial charge in [0.1, 0.15) is 0 Å². The summed E-state index contributed by atoms with van der Waals surface area (Å²) >= 11 is 0. The monoisotopic (exact) mass is 177 g/mol. The van der Waals surface area contributed by atoms with Gasteiger partial charge < -0.3 is 0 Å². The fourth-order valence-electron chi connectivity index (χ4n) is 1.40. The minimum Gasteiger partial charge on any atom is -0.269 e. The van der Waals surface area contributed by atoms with E-state index in [2.05, 4.69) is 4.99 Å². The normalized spacial score (nSPS) is 20.9. The second-order valence-electron chi connectivity index (χ2n) is 3.01. The molecule has 3 heteroatoms. The van der Waals surface area contributed by atoms with Crippen LogP contribution in [0.5, 0.6) is 0 Å². The highest BCUT2D eigenvalue weighted by Crippen LogP contribution is 2.08. The number of rotatable bonds is 0. The minimum absolute atomic E-state index is 0.454. The van der Waals surface area contributed by atoms with Gasteiger partial charge in [0.2, 0.25) is 6.17 Å². The fraction of sp³-hybridized carbons (Fsp3) is 0.200. The van der Waals surface area contributed by atoms with Crippen molar-refractivity contribution in [1.29, 1.82) is 0 Å². The summed E-state index contributed by atoms with van der Waals surface area (Å²) in [5.74, 6) is -0.698. The van der Waals surface area contributed by atoms with Crippen molar-refractivity contribution in [2.45, 2.75) is 13.1 Å². The zero-order valence-corrected chi connectivity index (χ0v) is 7.12. The highest BCUT2D eigenvalue weighted by Gasteiger charge is 2.22. The molecule has 2 rings (SSSR count). The van der Waals surface area contributed by atoms with Crippen molar-refractivity contribution in [3.05, 3.63) is 34.8 Å². The predicted molar refractivity (Wildman–Crippen MR) is 46.2 cm³/mol. The summed E-state index contributed by atoms with van der Waals surface area (Å²) in [6, 6.07) is 7.07. The van der Waals surface area contributed by atoms with Crippen molar-refractivity contribution in [3.63, 3.8) is 0 Å². The van der Waals surface area contributed by atoms with Crippen LogP contribution in [-0.4, -0.2) is 12.1 Å². The Morgan fingerprint density at radius 2 is 2.08 bits per heavy atom. The average Bonchev–Trinajstić information content (AvgIpc) is 2.15. The number of carbonyl (C=O) groups excluding carboxylic acids is 1. The number of benzene rings is 1. The topological polar surface area (TPSA) is 29.4 Å². The van der Waals surface area contributed by atoms with E-state index in [9.17, 15) is 9.18 Å². The van der Waals surface area contributed by atoms with E-state index < -0.39 is 12.1 Å². The lowest BCUT2D eigenvalue weighted by molar-refractivity contribution is -0.121. The standard InChI is InChI=1S/C10H8FNO/c1-6-7-4-2-3-5-8(7)12-10(13)9(6)11/h2-5,9H,1H3. The van der Waals surface area contributed by atoms with Gasteiger partial charge in [0.05, 0.1) is 5.36 Å². The smallest absolute Gasteiger partial charge is 0.269 e. The first kappa shape index (κ1) is 8.10. The molecule has 0 aliphatic carbocycles. The third-order valence-corrected chi connectivity index (χ3v) is 2.16. The van der Waals surface area contributed by atoms with Crippen LogP contribution in [0.2, 0.25) is 0 Å². The van der Waals surface area contributed by atoms with Crippen LogP contribution in [0.15, 0.2) is 29.3 Å². The second kappa shape index (κ2) is 2.76. The summed E-state index contributed by atoms with van der Waals surface area (Å²) in [6.45, 7) is 1.62. The Balaban J connectivity index is 2.89. The van der Waals surface area contributed by atoms with Gasteiger partial charge >= 0.3 is 0 Å². The molecule has 0 N–H and O–H groups in total. The number of carbonyl (C=O) groups is 1. The lowest BCUT2D eigenvalue weighted by Crippen LogP contribution is -2.37. The molecule has 1 amide bonds. The summed E-state index contributed by atoms with van der Waals surface area (Å²) < 4.78 is 13.2. The Kier molecular flexibility index (Phi) is 1.72. The first-order chi connectivity index (χ1) is 6.20. The average molecular weight is 177 g/mol. The summed E-state index contributed by atoms with van der Waals surface area (Å²) in [5.41, 5.74) is 0.454. The van der Waals surface area contributed by atoms with Crippen molar-refractivity contribution >= 4 is 11.5 Å². The molecule has 1 aliphatic heterocycles. The molecular weight excluding hydrogens is 169 g/mol. The highest BCUT2D eigenvalue weighted by atomic mass is 19.1. The molecule has 0 bridgehead atoms. The molecule has 2 nitrogen and oxygen atoms in total. The summed E-state index contributed by atoms with van der Waals surface area (Å²) in [5, 5.41) is 1.30. The molecule has 0 aromatic heterocycles. The largest absolute Gasteiger partial charge is 0.285 e. The van der Waals surface area contributed by atoms with Crippen LogP contribution >= 0.6 is 0 Å². The lowest BCUT2D eigenvalue weighted by Gasteiger charge is -2.08. The van der Waals surface area contributed by atoms with E-state index in [1.54, 1.807) is 31.2 Å². The van der Waals surface area contributed by atoms with Gasteiger partial charge in [-0.2, -0.15) is 0 Å². The Morgan fingerprint density at radius 1 is 1.38 bits per heavy atom. The van der Waals surface area contributed by atoms with E-state index in [4.69, 9.17) is 0 Å². The number of nitrogens with zero attached hydrogens (tertiary/aromatic N) is 1. The van der Waals surface area contributed by atoms with Gasteiger partial charge in [-0.15, -0.1) is 0 Å². The van der Waals surface area contributed by atoms with Crippen LogP contribution in [-0.2, 0) is 4.79 Å². The Bertz CT molecular complexity index is 478. The van der Waals surface area contributed by atoms with Gasteiger partial charge in [-0.3, -0.25) is 4.79 Å². The number of alkyl halides is 1. The van der Waals surface area contributed by atoms with E-state index in [1.165, 1.54) is 0 Å². The number of amides is 1. The van der Waals surface area contributed by atoms with Crippen LogP contribution in [0.25, 0.3) is 5.57 Å². The maximum atomic E-state index is 13.2. The van der Waals surface area contributed by atoms with Gasteiger partial charge in [0, 0.05) is 5.22 Å². The first-order valence-corrected chi connectivity index (χ1v) is 4.02. The Labute approximate surface area is 74.4 Å². The molecule has 0 saturated carbocycles. The molecular formula is C10H8FNO. The maximum absolute atomic E-state index is 13.2. The molecule has 0 spiro atoms. The third kappa shape index (κ3) is 1.16. The third-order valence-electron chi connectivity index (χ3n) is 2.16. The number of halogens is 1. The quantitative estimate of drug-likeness (QED) is 0.562. The first-order valence-electron chi connectivity index (χ1n) is 4.02.